The molecule has 1 N–H and O–H groups in total. The summed E-state index contributed by atoms with van der Waals surface area (Å²) in [6, 6.07) is 18.2. The highest BCUT2D eigenvalue weighted by molar-refractivity contribution is 8.00. The van der Waals surface area contributed by atoms with E-state index in [-0.39, 0.29) is 22.9 Å². The van der Waals surface area contributed by atoms with Crippen molar-refractivity contribution in [3.63, 3.8) is 0 Å². The average molecular weight is 477 g/mol. The van der Waals surface area contributed by atoms with E-state index >= 15 is 0 Å². The molecule has 2 amide bonds. The Bertz CT molecular complexity index is 1150. The smallest absolute Gasteiger partial charge is 0.322 e. The molecule has 4 nitrogen and oxygen atoms in total. The van der Waals surface area contributed by atoms with E-state index in [0.717, 1.165) is 17.7 Å². The molecule has 0 saturated carbocycles. The Kier molecular flexibility index (Phi) is 6.17. The van der Waals surface area contributed by atoms with E-state index in [1.165, 1.54) is 28.8 Å². The Morgan fingerprint density at radius 2 is 1.66 bits per heavy atom. The van der Waals surface area contributed by atoms with Crippen LogP contribution in [-0.4, -0.2) is 17.6 Å². The van der Waals surface area contributed by atoms with E-state index in [2.05, 4.69) is 5.32 Å². The maximum atomic E-state index is 12.9. The van der Waals surface area contributed by atoms with Gasteiger partial charge in [0.15, 0.2) is 0 Å². The first kappa shape index (κ1) is 22.2. The van der Waals surface area contributed by atoms with Crippen LogP contribution in [0.15, 0.2) is 72.8 Å². The van der Waals surface area contributed by atoms with Crippen LogP contribution in [0.2, 0.25) is 5.02 Å². The highest BCUT2D eigenvalue weighted by Crippen LogP contribution is 2.42. The van der Waals surface area contributed by atoms with E-state index in [1.54, 1.807) is 48.5 Å². The fourth-order valence-corrected chi connectivity index (χ4v) is 4.73. The van der Waals surface area contributed by atoms with E-state index < -0.39 is 11.7 Å². The Hall–Kier alpha value is -2.97. The lowest BCUT2D eigenvalue weighted by Crippen LogP contribution is -2.27. The quantitative estimate of drug-likeness (QED) is 0.474. The minimum absolute atomic E-state index is 0.184. The van der Waals surface area contributed by atoms with Crippen LogP contribution in [0.5, 0.6) is 0 Å². The molecule has 1 fully saturated rings. The number of carbonyl (C=O) groups is 2. The zero-order valence-corrected chi connectivity index (χ0v) is 18.0. The second-order valence-corrected chi connectivity index (χ2v) is 8.50. The van der Waals surface area contributed by atoms with Gasteiger partial charge in [0.25, 0.3) is 5.91 Å². The van der Waals surface area contributed by atoms with Gasteiger partial charge in [0.05, 0.1) is 21.9 Å². The molecule has 0 unspecified atom stereocenters. The average Bonchev–Trinajstić information content (AvgIpc) is 3.15. The summed E-state index contributed by atoms with van der Waals surface area (Å²) in [5, 5.41) is 2.73. The van der Waals surface area contributed by atoms with Crippen molar-refractivity contribution in [2.24, 2.45) is 0 Å². The van der Waals surface area contributed by atoms with E-state index in [0.29, 0.717) is 22.0 Å². The van der Waals surface area contributed by atoms with E-state index in [4.69, 9.17) is 11.6 Å². The topological polar surface area (TPSA) is 49.4 Å². The molecule has 0 bridgehead atoms. The number of hydrogen-bond acceptors (Lipinski definition) is 3. The van der Waals surface area contributed by atoms with E-state index in [9.17, 15) is 22.8 Å². The number of nitrogens with zero attached hydrogens (tertiary/aromatic N) is 1. The third-order valence-electron chi connectivity index (χ3n) is 4.91. The lowest BCUT2D eigenvalue weighted by Gasteiger charge is -2.25. The molecule has 1 aliphatic rings. The SMILES string of the molecule is O=C(Nc1ccc([C@H]2SCC(=O)N2c2ccc(C(F)(F)F)cc2)cc1)c1ccccc1Cl. The van der Waals surface area contributed by atoms with Gasteiger partial charge in [-0.15, -0.1) is 11.8 Å². The van der Waals surface area contributed by atoms with Crippen LogP contribution in [0, 0.1) is 0 Å². The minimum Gasteiger partial charge on any atom is -0.322 e. The maximum Gasteiger partial charge on any atom is 0.416 e. The summed E-state index contributed by atoms with van der Waals surface area (Å²) in [4.78, 5) is 26.4. The zero-order chi connectivity index (χ0) is 22.9. The monoisotopic (exact) mass is 476 g/mol. The normalized spacial score (nSPS) is 16.3. The van der Waals surface area contributed by atoms with Gasteiger partial charge < -0.3 is 5.32 Å². The summed E-state index contributed by atoms with van der Waals surface area (Å²) in [5.74, 6) is -0.313. The molecular weight excluding hydrogens is 461 g/mol. The van der Waals surface area contributed by atoms with Crippen LogP contribution in [-0.2, 0) is 11.0 Å². The maximum absolute atomic E-state index is 12.9. The predicted molar refractivity (Wildman–Crippen MR) is 120 cm³/mol. The van der Waals surface area contributed by atoms with Gasteiger partial charge in [-0.25, -0.2) is 0 Å². The number of thioether (sulfide) groups is 1. The van der Waals surface area contributed by atoms with Crippen LogP contribution < -0.4 is 10.2 Å². The molecule has 1 heterocycles. The predicted octanol–water partition coefficient (Wildman–Crippen LogP) is 6.39. The standard InChI is InChI=1S/C23H16ClF3N2O2S/c24-19-4-2-1-3-18(19)21(31)28-16-9-5-14(6-10-16)22-29(20(30)13-32-22)17-11-7-15(8-12-17)23(25,26)27/h1-12,22H,13H2,(H,28,31)/t22-/m1/s1. The van der Waals surface area contributed by atoms with Crippen LogP contribution >= 0.6 is 23.4 Å². The third kappa shape index (κ3) is 4.61. The number of alkyl halides is 3. The number of hydrogen-bond donors (Lipinski definition) is 1. The first-order valence-electron chi connectivity index (χ1n) is 9.51. The van der Waals surface area contributed by atoms with Gasteiger partial charge in [0, 0.05) is 11.4 Å². The lowest BCUT2D eigenvalue weighted by molar-refractivity contribution is -0.137. The molecule has 1 aliphatic heterocycles. The highest BCUT2D eigenvalue weighted by atomic mass is 35.5. The summed E-state index contributed by atoms with van der Waals surface area (Å²) in [6.07, 6.45) is -4.44. The molecule has 3 aromatic rings. The van der Waals surface area contributed by atoms with E-state index in [1.807, 2.05) is 0 Å². The summed E-state index contributed by atoms with van der Waals surface area (Å²) in [7, 11) is 0. The van der Waals surface area contributed by atoms with Gasteiger partial charge in [-0.3, -0.25) is 14.5 Å². The van der Waals surface area contributed by atoms with Gasteiger partial charge >= 0.3 is 6.18 Å². The Labute approximate surface area is 191 Å². The number of anilines is 2. The van der Waals surface area contributed by atoms with Gasteiger partial charge in [0.1, 0.15) is 5.37 Å². The molecule has 3 aromatic carbocycles. The molecular formula is C23H16ClF3N2O2S. The highest BCUT2D eigenvalue weighted by Gasteiger charge is 2.35. The second-order valence-electron chi connectivity index (χ2n) is 7.03. The molecule has 0 aliphatic carbocycles. The number of nitrogens with one attached hydrogen (secondary N) is 1. The minimum atomic E-state index is -4.44. The van der Waals surface area contributed by atoms with Crippen molar-refractivity contribution in [2.45, 2.75) is 11.6 Å². The van der Waals surface area contributed by atoms with Crippen molar-refractivity contribution in [3.05, 3.63) is 94.5 Å². The number of carbonyl (C=O) groups excluding carboxylic acids is 2. The van der Waals surface area contributed by atoms with Gasteiger partial charge in [0.2, 0.25) is 5.91 Å². The van der Waals surface area contributed by atoms with Crippen molar-refractivity contribution < 1.29 is 22.8 Å². The first-order chi connectivity index (χ1) is 15.2. The number of benzene rings is 3. The van der Waals surface area contributed by atoms with Crippen molar-refractivity contribution >= 4 is 46.6 Å². The fraction of sp³-hybridized carbons (Fsp3) is 0.130. The zero-order valence-electron chi connectivity index (χ0n) is 16.4. The molecule has 1 atom stereocenters. The molecule has 164 valence electrons. The molecule has 0 aromatic heterocycles. The second kappa shape index (κ2) is 8.88. The molecule has 0 radical (unpaired) electrons. The Balaban J connectivity index is 1.52. The summed E-state index contributed by atoms with van der Waals surface area (Å²) in [6.45, 7) is 0. The molecule has 32 heavy (non-hydrogen) atoms. The largest absolute Gasteiger partial charge is 0.416 e. The molecule has 0 spiro atoms. The van der Waals surface area contributed by atoms with Crippen molar-refractivity contribution in [1.29, 1.82) is 0 Å². The van der Waals surface area contributed by atoms with Gasteiger partial charge in [-0.05, 0) is 54.1 Å². The third-order valence-corrected chi connectivity index (χ3v) is 6.45. The van der Waals surface area contributed by atoms with Crippen molar-refractivity contribution in [3.8, 4) is 0 Å². The fourth-order valence-electron chi connectivity index (χ4n) is 3.34. The van der Waals surface area contributed by atoms with Crippen LogP contribution in [0.1, 0.15) is 26.9 Å². The summed E-state index contributed by atoms with van der Waals surface area (Å²) >= 11 is 7.44. The van der Waals surface area contributed by atoms with Crippen LogP contribution in [0.3, 0.4) is 0 Å². The summed E-state index contributed by atoms with van der Waals surface area (Å²) in [5.41, 5.74) is 1.32. The van der Waals surface area contributed by atoms with Crippen molar-refractivity contribution in [1.82, 2.24) is 0 Å². The Morgan fingerprint density at radius 3 is 2.28 bits per heavy atom. The van der Waals surface area contributed by atoms with Crippen LogP contribution in [0.25, 0.3) is 0 Å². The molecule has 9 heteroatoms. The van der Waals surface area contributed by atoms with Gasteiger partial charge in [-0.1, -0.05) is 35.9 Å². The molecule has 1 saturated heterocycles. The first-order valence-corrected chi connectivity index (χ1v) is 10.9. The summed E-state index contributed by atoms with van der Waals surface area (Å²) < 4.78 is 38.6. The molecule has 4 rings (SSSR count). The number of halogens is 4. The Morgan fingerprint density at radius 1 is 1.00 bits per heavy atom. The number of amides is 2. The van der Waals surface area contributed by atoms with Crippen molar-refractivity contribution in [2.75, 3.05) is 16.0 Å². The van der Waals surface area contributed by atoms with Gasteiger partial charge in [-0.2, -0.15) is 13.2 Å². The lowest BCUT2D eigenvalue weighted by atomic mass is 10.1. The number of rotatable bonds is 4. The van der Waals surface area contributed by atoms with Crippen LogP contribution in [0.4, 0.5) is 24.5 Å².